The maximum absolute atomic E-state index is 14.9. The summed E-state index contributed by atoms with van der Waals surface area (Å²) in [6, 6.07) is 14.5. The van der Waals surface area contributed by atoms with Gasteiger partial charge in [-0.25, -0.2) is 18.0 Å². The van der Waals surface area contributed by atoms with Gasteiger partial charge in [0.05, 0.1) is 12.2 Å². The molecule has 0 bridgehead atoms. The molecule has 3 aromatic carbocycles. The SMILES string of the molecule is C=C(CO)C(=O)OCCOc1c(F)cc(-c2ccc(-c3ccc(CCCCC)cc3)cc2F)cc1F. The maximum Gasteiger partial charge on any atom is 0.335 e. The lowest BCUT2D eigenvalue weighted by atomic mass is 9.98. The number of unbranched alkanes of at least 4 members (excludes halogenated alkanes) is 2. The first kappa shape index (κ1) is 27.0. The molecule has 0 unspecified atom stereocenters. The predicted octanol–water partition coefficient (Wildman–Crippen LogP) is 6.64. The molecule has 0 aromatic heterocycles. The summed E-state index contributed by atoms with van der Waals surface area (Å²) in [6.45, 7) is 4.29. The molecule has 0 radical (unpaired) electrons. The van der Waals surface area contributed by atoms with Crippen molar-refractivity contribution in [2.24, 2.45) is 0 Å². The molecule has 0 saturated heterocycles. The molecule has 3 aromatic rings. The van der Waals surface area contributed by atoms with E-state index < -0.39 is 35.8 Å². The average molecular weight is 499 g/mol. The maximum atomic E-state index is 14.9. The molecule has 0 aliphatic heterocycles. The van der Waals surface area contributed by atoms with Crippen molar-refractivity contribution < 1.29 is 32.5 Å². The number of hydrogen-bond donors (Lipinski definition) is 1. The summed E-state index contributed by atoms with van der Waals surface area (Å²) in [6.07, 6.45) is 4.47. The Kier molecular flexibility index (Phi) is 9.70. The van der Waals surface area contributed by atoms with Gasteiger partial charge in [0, 0.05) is 5.56 Å². The second-order valence-corrected chi connectivity index (χ2v) is 8.36. The highest BCUT2D eigenvalue weighted by Gasteiger charge is 2.17. The van der Waals surface area contributed by atoms with Crippen LogP contribution in [0.25, 0.3) is 22.3 Å². The van der Waals surface area contributed by atoms with Crippen LogP contribution in [0.3, 0.4) is 0 Å². The highest BCUT2D eigenvalue weighted by molar-refractivity contribution is 5.87. The Morgan fingerprint density at radius 1 is 0.861 bits per heavy atom. The molecule has 0 aliphatic carbocycles. The van der Waals surface area contributed by atoms with Crippen molar-refractivity contribution in [3.05, 3.63) is 89.8 Å². The summed E-state index contributed by atoms with van der Waals surface area (Å²) in [5, 5.41) is 8.81. The predicted molar refractivity (Wildman–Crippen MR) is 133 cm³/mol. The molecule has 1 N–H and O–H groups in total. The molecule has 190 valence electrons. The van der Waals surface area contributed by atoms with Gasteiger partial charge in [0.2, 0.25) is 0 Å². The zero-order valence-corrected chi connectivity index (χ0v) is 20.2. The molecule has 0 aliphatic rings. The van der Waals surface area contributed by atoms with E-state index in [0.717, 1.165) is 37.0 Å². The summed E-state index contributed by atoms with van der Waals surface area (Å²) in [7, 11) is 0. The fourth-order valence-corrected chi connectivity index (χ4v) is 3.67. The first-order chi connectivity index (χ1) is 17.3. The van der Waals surface area contributed by atoms with Gasteiger partial charge in [0.15, 0.2) is 17.4 Å². The van der Waals surface area contributed by atoms with E-state index in [1.54, 1.807) is 6.07 Å². The molecule has 0 spiro atoms. The Labute approximate surface area is 209 Å². The van der Waals surface area contributed by atoms with Crippen LogP contribution in [0, 0.1) is 17.5 Å². The highest BCUT2D eigenvalue weighted by atomic mass is 19.1. The normalized spacial score (nSPS) is 10.8. The Morgan fingerprint density at radius 3 is 2.11 bits per heavy atom. The fourth-order valence-electron chi connectivity index (χ4n) is 3.67. The quantitative estimate of drug-likeness (QED) is 0.173. The van der Waals surface area contributed by atoms with E-state index >= 15 is 0 Å². The van der Waals surface area contributed by atoms with Crippen molar-refractivity contribution >= 4 is 5.97 Å². The molecule has 0 saturated carbocycles. The van der Waals surface area contributed by atoms with Crippen molar-refractivity contribution in [1.29, 1.82) is 0 Å². The summed E-state index contributed by atoms with van der Waals surface area (Å²) in [4.78, 5) is 11.4. The Balaban J connectivity index is 1.69. The number of hydrogen-bond acceptors (Lipinski definition) is 4. The largest absolute Gasteiger partial charge is 0.484 e. The van der Waals surface area contributed by atoms with Crippen molar-refractivity contribution in [2.75, 3.05) is 19.8 Å². The van der Waals surface area contributed by atoms with E-state index in [9.17, 15) is 18.0 Å². The lowest BCUT2D eigenvalue weighted by Gasteiger charge is -2.12. The van der Waals surface area contributed by atoms with Crippen LogP contribution in [0.4, 0.5) is 13.2 Å². The number of benzene rings is 3. The molecule has 0 amide bonds. The average Bonchev–Trinajstić information content (AvgIpc) is 2.87. The Morgan fingerprint density at radius 2 is 1.50 bits per heavy atom. The number of aliphatic hydroxyl groups excluding tert-OH is 1. The molecule has 4 nitrogen and oxygen atoms in total. The lowest BCUT2D eigenvalue weighted by molar-refractivity contribution is -0.140. The molecule has 0 atom stereocenters. The Hall–Kier alpha value is -3.58. The topological polar surface area (TPSA) is 55.8 Å². The summed E-state index contributed by atoms with van der Waals surface area (Å²) in [5.74, 6) is -4.13. The van der Waals surface area contributed by atoms with Crippen LogP contribution in [0.15, 0.2) is 66.7 Å². The molecule has 0 heterocycles. The van der Waals surface area contributed by atoms with Crippen LogP contribution in [0.1, 0.15) is 31.7 Å². The second-order valence-electron chi connectivity index (χ2n) is 8.36. The fraction of sp³-hybridized carbons (Fsp3) is 0.276. The van der Waals surface area contributed by atoms with Gasteiger partial charge in [-0.2, -0.15) is 0 Å². The van der Waals surface area contributed by atoms with Crippen molar-refractivity contribution in [3.8, 4) is 28.0 Å². The summed E-state index contributed by atoms with van der Waals surface area (Å²) >= 11 is 0. The van der Waals surface area contributed by atoms with E-state index in [1.165, 1.54) is 24.1 Å². The molecule has 36 heavy (non-hydrogen) atoms. The minimum Gasteiger partial charge on any atom is -0.484 e. The molecular formula is C29H29F3O4. The van der Waals surface area contributed by atoms with E-state index in [0.29, 0.717) is 5.56 Å². The van der Waals surface area contributed by atoms with Crippen molar-refractivity contribution in [2.45, 2.75) is 32.6 Å². The zero-order chi connectivity index (χ0) is 26.1. The molecule has 0 fully saturated rings. The van der Waals surface area contributed by atoms with E-state index in [1.807, 2.05) is 24.3 Å². The summed E-state index contributed by atoms with van der Waals surface area (Å²) in [5.41, 5.74) is 2.67. The highest BCUT2D eigenvalue weighted by Crippen LogP contribution is 2.32. The third-order valence-electron chi connectivity index (χ3n) is 5.68. The van der Waals surface area contributed by atoms with Crippen LogP contribution < -0.4 is 4.74 Å². The van der Waals surface area contributed by atoms with Crippen molar-refractivity contribution in [3.63, 3.8) is 0 Å². The summed E-state index contributed by atoms with van der Waals surface area (Å²) < 4.78 is 53.9. The van der Waals surface area contributed by atoms with Gasteiger partial charge in [-0.3, -0.25) is 0 Å². The van der Waals surface area contributed by atoms with E-state index in [-0.39, 0.29) is 29.9 Å². The number of esters is 1. The third-order valence-corrected chi connectivity index (χ3v) is 5.68. The number of carbonyl (C=O) groups is 1. The smallest absolute Gasteiger partial charge is 0.335 e. The first-order valence-corrected chi connectivity index (χ1v) is 11.8. The minimum absolute atomic E-state index is 0.0262. The molecular weight excluding hydrogens is 469 g/mol. The number of rotatable bonds is 12. The number of carbonyl (C=O) groups excluding carboxylic acids is 1. The second kappa shape index (κ2) is 12.9. The zero-order valence-electron chi connectivity index (χ0n) is 20.2. The number of aryl methyl sites for hydroxylation is 1. The van der Waals surface area contributed by atoms with Crippen LogP contribution in [-0.4, -0.2) is 30.9 Å². The monoisotopic (exact) mass is 498 g/mol. The van der Waals surface area contributed by atoms with Gasteiger partial charge in [-0.1, -0.05) is 62.7 Å². The van der Waals surface area contributed by atoms with E-state index in [2.05, 4.69) is 13.5 Å². The molecule has 3 rings (SSSR count). The van der Waals surface area contributed by atoms with Gasteiger partial charge in [0.1, 0.15) is 19.0 Å². The first-order valence-electron chi connectivity index (χ1n) is 11.8. The van der Waals surface area contributed by atoms with Gasteiger partial charge >= 0.3 is 5.97 Å². The van der Waals surface area contributed by atoms with Crippen LogP contribution in [0.2, 0.25) is 0 Å². The number of ether oxygens (including phenoxy) is 2. The van der Waals surface area contributed by atoms with Gasteiger partial charge < -0.3 is 14.6 Å². The van der Waals surface area contributed by atoms with Gasteiger partial charge in [-0.05, 0) is 53.3 Å². The molecule has 7 heteroatoms. The van der Waals surface area contributed by atoms with Gasteiger partial charge in [-0.15, -0.1) is 0 Å². The third kappa shape index (κ3) is 6.98. The van der Waals surface area contributed by atoms with E-state index in [4.69, 9.17) is 14.6 Å². The van der Waals surface area contributed by atoms with Gasteiger partial charge in [0.25, 0.3) is 0 Å². The lowest BCUT2D eigenvalue weighted by Crippen LogP contribution is -2.15. The van der Waals surface area contributed by atoms with Crippen LogP contribution in [-0.2, 0) is 16.0 Å². The number of aliphatic hydroxyl groups is 1. The standard InChI is InChI=1S/C29H29F3O4/c1-3-4-5-6-20-7-9-21(10-8-20)22-11-12-24(25(30)15-22)23-16-26(31)28(27(32)17-23)35-13-14-36-29(34)19(2)18-33/h7-12,15-17,33H,2-6,13-14,18H2,1H3. The van der Waals surface area contributed by atoms with Crippen molar-refractivity contribution in [1.82, 2.24) is 0 Å². The minimum atomic E-state index is -1.02. The Bertz CT molecular complexity index is 1180. The van der Waals surface area contributed by atoms with Crippen LogP contribution >= 0.6 is 0 Å². The van der Waals surface area contributed by atoms with Crippen LogP contribution in [0.5, 0.6) is 5.75 Å². The number of halogens is 3.